The molecule has 8 heteroatoms. The molecule has 1 aliphatic carbocycles. The van der Waals surface area contributed by atoms with Crippen molar-refractivity contribution in [3.8, 4) is 0 Å². The zero-order valence-electron chi connectivity index (χ0n) is 9.64. The number of carboxylic acid groups (broad SMARTS) is 1. The van der Waals surface area contributed by atoms with E-state index in [1.54, 1.807) is 0 Å². The molecule has 2 rings (SSSR count). The largest absolute Gasteiger partial charge is 0.480 e. The van der Waals surface area contributed by atoms with Gasteiger partial charge < -0.3 is 5.11 Å². The molecule has 0 radical (unpaired) electrons. The van der Waals surface area contributed by atoms with Crippen molar-refractivity contribution >= 4 is 43.5 Å². The molecule has 1 aliphatic rings. The molecular formula is C11H11BrClNO4S. The summed E-state index contributed by atoms with van der Waals surface area (Å²) >= 11 is 9.05. The van der Waals surface area contributed by atoms with E-state index in [1.807, 2.05) is 0 Å². The Bertz CT molecular complexity index is 615. The number of sulfonamides is 1. The lowest BCUT2D eigenvalue weighted by atomic mass is 10.2. The third-order valence-corrected chi connectivity index (χ3v) is 5.24. The molecular weight excluding hydrogens is 358 g/mol. The molecule has 1 atom stereocenters. The van der Waals surface area contributed by atoms with Crippen LogP contribution in [0.1, 0.15) is 12.8 Å². The van der Waals surface area contributed by atoms with Crippen molar-refractivity contribution in [2.45, 2.75) is 23.8 Å². The molecule has 0 amide bonds. The van der Waals surface area contributed by atoms with Crippen LogP contribution in [0.3, 0.4) is 0 Å². The lowest BCUT2D eigenvalue weighted by molar-refractivity contribution is -0.139. The summed E-state index contributed by atoms with van der Waals surface area (Å²) in [5.74, 6) is -1.30. The number of carboxylic acids is 1. The lowest BCUT2D eigenvalue weighted by Gasteiger charge is -2.14. The third-order valence-electron chi connectivity index (χ3n) is 2.83. The molecule has 1 fully saturated rings. The second-order valence-electron chi connectivity index (χ2n) is 4.35. The molecule has 0 bridgehead atoms. The van der Waals surface area contributed by atoms with Crippen molar-refractivity contribution in [1.29, 1.82) is 0 Å². The minimum absolute atomic E-state index is 0.0433. The van der Waals surface area contributed by atoms with Gasteiger partial charge in [-0.3, -0.25) is 4.79 Å². The molecule has 1 aromatic carbocycles. The highest BCUT2D eigenvalue weighted by atomic mass is 79.9. The summed E-state index contributed by atoms with van der Waals surface area (Å²) in [6.07, 6.45) is 1.43. The monoisotopic (exact) mass is 367 g/mol. The third kappa shape index (κ3) is 3.47. The fourth-order valence-electron chi connectivity index (χ4n) is 1.70. The fourth-order valence-corrected chi connectivity index (χ4v) is 4.00. The van der Waals surface area contributed by atoms with Crippen LogP contribution in [0.2, 0.25) is 5.02 Å². The second kappa shape index (κ2) is 5.40. The van der Waals surface area contributed by atoms with Gasteiger partial charge in [0.05, 0.1) is 5.02 Å². The first kappa shape index (κ1) is 14.8. The van der Waals surface area contributed by atoms with Crippen molar-refractivity contribution in [3.05, 3.63) is 27.7 Å². The van der Waals surface area contributed by atoms with Crippen LogP contribution in [0.5, 0.6) is 0 Å². The van der Waals surface area contributed by atoms with Gasteiger partial charge in [-0.05, 0) is 37.0 Å². The number of hydrogen-bond donors (Lipinski definition) is 2. The maximum Gasteiger partial charge on any atom is 0.322 e. The van der Waals surface area contributed by atoms with Gasteiger partial charge in [-0.2, -0.15) is 4.72 Å². The van der Waals surface area contributed by atoms with Crippen LogP contribution in [0.4, 0.5) is 0 Å². The van der Waals surface area contributed by atoms with Gasteiger partial charge in [0.15, 0.2) is 0 Å². The maximum atomic E-state index is 12.1. The number of aliphatic carboxylic acids is 1. The second-order valence-corrected chi connectivity index (χ2v) is 7.35. The van der Waals surface area contributed by atoms with Gasteiger partial charge >= 0.3 is 5.97 Å². The highest BCUT2D eigenvalue weighted by molar-refractivity contribution is 9.10. The molecule has 1 unspecified atom stereocenters. The first-order valence-corrected chi connectivity index (χ1v) is 8.17. The number of hydrogen-bond acceptors (Lipinski definition) is 3. The number of rotatable bonds is 5. The highest BCUT2D eigenvalue weighted by Crippen LogP contribution is 2.34. The van der Waals surface area contributed by atoms with Crippen molar-refractivity contribution < 1.29 is 18.3 Å². The number of carbonyl (C=O) groups is 1. The normalized spacial score (nSPS) is 17.2. The predicted molar refractivity (Wildman–Crippen MR) is 73.6 cm³/mol. The molecule has 5 nitrogen and oxygen atoms in total. The number of benzene rings is 1. The first-order chi connectivity index (χ1) is 8.81. The molecule has 0 aliphatic heterocycles. The van der Waals surface area contributed by atoms with E-state index in [0.29, 0.717) is 17.3 Å². The Kier molecular flexibility index (Phi) is 4.20. The van der Waals surface area contributed by atoms with E-state index in [-0.39, 0.29) is 15.8 Å². The Balaban J connectivity index is 2.29. The molecule has 0 heterocycles. The fraction of sp³-hybridized carbons (Fsp3) is 0.364. The molecule has 0 aromatic heterocycles. The molecule has 19 heavy (non-hydrogen) atoms. The van der Waals surface area contributed by atoms with Crippen molar-refractivity contribution in [3.63, 3.8) is 0 Å². The number of halogens is 2. The molecule has 1 saturated carbocycles. The summed E-state index contributed by atoms with van der Waals surface area (Å²) in [5.41, 5.74) is 0. The van der Waals surface area contributed by atoms with Crippen molar-refractivity contribution in [2.24, 2.45) is 5.92 Å². The van der Waals surface area contributed by atoms with Crippen LogP contribution < -0.4 is 4.72 Å². The zero-order valence-corrected chi connectivity index (χ0v) is 12.8. The molecule has 1 aromatic rings. The molecule has 0 spiro atoms. The van der Waals surface area contributed by atoms with Gasteiger partial charge in [-0.1, -0.05) is 27.5 Å². The standard InChI is InChI=1S/C11H11BrClNO4S/c12-7-3-4-9(8(13)5-7)19(17,18)14-10(11(15)16)6-1-2-6/h3-6,10,14H,1-2H2,(H,15,16). The van der Waals surface area contributed by atoms with Gasteiger partial charge in [0.2, 0.25) is 10.0 Å². The first-order valence-electron chi connectivity index (χ1n) is 5.51. The Hall–Kier alpha value is -0.630. The number of nitrogens with one attached hydrogen (secondary N) is 1. The van der Waals surface area contributed by atoms with E-state index in [0.717, 1.165) is 0 Å². The van der Waals surface area contributed by atoms with Crippen molar-refractivity contribution in [1.82, 2.24) is 4.72 Å². The summed E-state index contributed by atoms with van der Waals surface area (Å²) in [7, 11) is -3.94. The van der Waals surface area contributed by atoms with E-state index >= 15 is 0 Å². The predicted octanol–water partition coefficient (Wildman–Crippen LogP) is 2.24. The minimum atomic E-state index is -3.94. The van der Waals surface area contributed by atoms with E-state index < -0.39 is 22.0 Å². The summed E-state index contributed by atoms with van der Waals surface area (Å²) < 4.78 is 27.1. The molecule has 104 valence electrons. The quantitative estimate of drug-likeness (QED) is 0.835. The summed E-state index contributed by atoms with van der Waals surface area (Å²) in [6.45, 7) is 0. The van der Waals surface area contributed by atoms with Gasteiger partial charge in [0, 0.05) is 4.47 Å². The average Bonchev–Trinajstić information content (AvgIpc) is 3.08. The van der Waals surface area contributed by atoms with E-state index in [1.165, 1.54) is 18.2 Å². The average molecular weight is 369 g/mol. The van der Waals surface area contributed by atoms with E-state index in [4.69, 9.17) is 16.7 Å². The Morgan fingerprint density at radius 2 is 2.11 bits per heavy atom. The lowest BCUT2D eigenvalue weighted by Crippen LogP contribution is -2.42. The molecule has 0 saturated heterocycles. The Morgan fingerprint density at radius 1 is 1.47 bits per heavy atom. The van der Waals surface area contributed by atoms with Crippen LogP contribution in [0.25, 0.3) is 0 Å². The SMILES string of the molecule is O=C(O)C(NS(=O)(=O)c1ccc(Br)cc1Cl)C1CC1. The minimum Gasteiger partial charge on any atom is -0.480 e. The summed E-state index contributed by atoms with van der Waals surface area (Å²) in [5, 5.41) is 9.08. The van der Waals surface area contributed by atoms with Gasteiger partial charge in [0.25, 0.3) is 0 Å². The van der Waals surface area contributed by atoms with Gasteiger partial charge in [0.1, 0.15) is 10.9 Å². The van der Waals surface area contributed by atoms with Crippen LogP contribution in [0, 0.1) is 5.92 Å². The van der Waals surface area contributed by atoms with E-state index in [2.05, 4.69) is 20.7 Å². The smallest absolute Gasteiger partial charge is 0.322 e. The highest BCUT2D eigenvalue weighted by Gasteiger charge is 2.39. The molecule has 2 N–H and O–H groups in total. The van der Waals surface area contributed by atoms with Crippen LogP contribution in [0.15, 0.2) is 27.6 Å². The summed E-state index contributed by atoms with van der Waals surface area (Å²) in [4.78, 5) is 10.9. The van der Waals surface area contributed by atoms with Crippen molar-refractivity contribution in [2.75, 3.05) is 0 Å². The van der Waals surface area contributed by atoms with Crippen LogP contribution in [-0.4, -0.2) is 25.5 Å². The Morgan fingerprint density at radius 3 is 2.58 bits per heavy atom. The van der Waals surface area contributed by atoms with Crippen LogP contribution in [-0.2, 0) is 14.8 Å². The Labute approximate surface area is 124 Å². The topological polar surface area (TPSA) is 83.5 Å². The van der Waals surface area contributed by atoms with Gasteiger partial charge in [-0.15, -0.1) is 0 Å². The van der Waals surface area contributed by atoms with E-state index in [9.17, 15) is 13.2 Å². The van der Waals surface area contributed by atoms with Gasteiger partial charge in [-0.25, -0.2) is 8.42 Å². The maximum absolute atomic E-state index is 12.1. The summed E-state index contributed by atoms with van der Waals surface area (Å²) in [6, 6.07) is 3.22. The van der Waals surface area contributed by atoms with Crippen LogP contribution >= 0.6 is 27.5 Å². The zero-order chi connectivity index (χ0) is 14.2.